The van der Waals surface area contributed by atoms with E-state index in [0.29, 0.717) is 17.0 Å². The van der Waals surface area contributed by atoms with Crippen LogP contribution in [0.5, 0.6) is 0 Å². The lowest BCUT2D eigenvalue weighted by atomic mass is 10.1. The number of carboxylic acid groups (broad SMARTS) is 1. The molecule has 0 heterocycles. The Hall–Kier alpha value is -1.55. The first-order valence-corrected chi connectivity index (χ1v) is 6.68. The Labute approximate surface area is 117 Å². The molecule has 0 aliphatic heterocycles. The van der Waals surface area contributed by atoms with Crippen molar-refractivity contribution in [3.8, 4) is 0 Å². The molecule has 0 saturated carbocycles. The van der Waals surface area contributed by atoms with E-state index in [-0.39, 0.29) is 12.3 Å². The van der Waals surface area contributed by atoms with Crippen LogP contribution in [0.2, 0.25) is 5.02 Å². The van der Waals surface area contributed by atoms with Crippen molar-refractivity contribution >= 4 is 23.5 Å². The van der Waals surface area contributed by atoms with Gasteiger partial charge in [0.05, 0.1) is 6.42 Å². The van der Waals surface area contributed by atoms with Crippen LogP contribution in [0.3, 0.4) is 0 Å². The highest BCUT2D eigenvalue weighted by atomic mass is 35.5. The van der Waals surface area contributed by atoms with E-state index in [0.717, 1.165) is 12.8 Å². The third kappa shape index (κ3) is 5.30. The predicted octanol–water partition coefficient (Wildman–Crippen LogP) is 2.64. The zero-order valence-corrected chi connectivity index (χ0v) is 11.6. The zero-order valence-electron chi connectivity index (χ0n) is 10.9. The molecule has 1 rings (SSSR count). The summed E-state index contributed by atoms with van der Waals surface area (Å²) in [5.41, 5.74) is 0.696. The monoisotopic (exact) mass is 283 g/mol. The highest BCUT2D eigenvalue weighted by Crippen LogP contribution is 2.15. The molecule has 2 N–H and O–H groups in total. The number of hydrogen-bond donors (Lipinski definition) is 2. The molecule has 1 aromatic rings. The minimum absolute atomic E-state index is 0.0928. The second kappa shape index (κ2) is 7.79. The van der Waals surface area contributed by atoms with Crippen molar-refractivity contribution in [1.82, 2.24) is 5.32 Å². The summed E-state index contributed by atoms with van der Waals surface area (Å²) in [6.07, 6.45) is 2.20. The summed E-state index contributed by atoms with van der Waals surface area (Å²) in [6.45, 7) is 1.98. The predicted molar refractivity (Wildman–Crippen MR) is 74.2 cm³/mol. The van der Waals surface area contributed by atoms with Gasteiger partial charge in [0, 0.05) is 5.02 Å². The van der Waals surface area contributed by atoms with Crippen molar-refractivity contribution in [3.05, 3.63) is 34.9 Å². The number of carbonyl (C=O) groups excluding carboxylic acids is 1. The Morgan fingerprint density at radius 2 is 2.05 bits per heavy atom. The summed E-state index contributed by atoms with van der Waals surface area (Å²) in [7, 11) is 0. The van der Waals surface area contributed by atoms with Crippen LogP contribution in [0.15, 0.2) is 24.3 Å². The van der Waals surface area contributed by atoms with Crippen LogP contribution in [0, 0.1) is 0 Å². The normalized spacial score (nSPS) is 11.9. The Balaban J connectivity index is 2.58. The molecule has 1 atom stereocenters. The maximum atomic E-state index is 11.8. The number of benzene rings is 1. The number of amides is 1. The van der Waals surface area contributed by atoms with E-state index in [2.05, 4.69) is 5.32 Å². The fraction of sp³-hybridized carbons (Fsp3) is 0.429. The van der Waals surface area contributed by atoms with E-state index in [1.165, 1.54) is 0 Å². The van der Waals surface area contributed by atoms with Crippen molar-refractivity contribution < 1.29 is 14.7 Å². The van der Waals surface area contributed by atoms with E-state index in [9.17, 15) is 9.59 Å². The molecule has 5 heteroatoms. The minimum Gasteiger partial charge on any atom is -0.480 e. The number of carboxylic acids is 1. The standard InChI is InChI=1S/C14H18ClNO3/c1-2-3-8-12(14(18)19)16-13(17)9-10-6-4-5-7-11(10)15/h4-7,12H,2-3,8-9H2,1H3,(H,16,17)(H,18,19)/t12-/m0/s1. The van der Waals surface area contributed by atoms with Gasteiger partial charge in [0.2, 0.25) is 5.91 Å². The van der Waals surface area contributed by atoms with Gasteiger partial charge in [-0.25, -0.2) is 4.79 Å². The molecule has 0 aromatic heterocycles. The lowest BCUT2D eigenvalue weighted by molar-refractivity contribution is -0.142. The molecular weight excluding hydrogens is 266 g/mol. The average Bonchev–Trinajstić information content (AvgIpc) is 2.37. The lowest BCUT2D eigenvalue weighted by Gasteiger charge is -2.14. The fourth-order valence-corrected chi connectivity index (χ4v) is 1.93. The molecule has 0 spiro atoms. The number of unbranched alkanes of at least 4 members (excludes halogenated alkanes) is 1. The first-order valence-electron chi connectivity index (χ1n) is 6.30. The second-order valence-electron chi connectivity index (χ2n) is 4.37. The summed E-state index contributed by atoms with van der Waals surface area (Å²) in [6, 6.07) is 6.21. The van der Waals surface area contributed by atoms with Crippen molar-refractivity contribution in [2.24, 2.45) is 0 Å². The smallest absolute Gasteiger partial charge is 0.326 e. The number of carbonyl (C=O) groups is 2. The molecule has 0 aliphatic rings. The van der Waals surface area contributed by atoms with Gasteiger partial charge in [-0.15, -0.1) is 0 Å². The molecule has 1 amide bonds. The van der Waals surface area contributed by atoms with Gasteiger partial charge in [-0.05, 0) is 18.1 Å². The van der Waals surface area contributed by atoms with E-state index in [4.69, 9.17) is 16.7 Å². The third-order valence-electron chi connectivity index (χ3n) is 2.79. The van der Waals surface area contributed by atoms with Crippen molar-refractivity contribution in [2.75, 3.05) is 0 Å². The number of hydrogen-bond acceptors (Lipinski definition) is 2. The van der Waals surface area contributed by atoms with Crippen LogP contribution in [0.4, 0.5) is 0 Å². The molecule has 0 saturated heterocycles. The molecule has 0 radical (unpaired) electrons. The van der Waals surface area contributed by atoms with E-state index >= 15 is 0 Å². The summed E-state index contributed by atoms with van der Waals surface area (Å²) in [5.74, 6) is -1.32. The minimum atomic E-state index is -0.999. The molecule has 0 bridgehead atoms. The van der Waals surface area contributed by atoms with Crippen LogP contribution >= 0.6 is 11.6 Å². The number of halogens is 1. The summed E-state index contributed by atoms with van der Waals surface area (Å²) < 4.78 is 0. The Bertz CT molecular complexity index is 448. The first kappa shape index (κ1) is 15.5. The molecule has 0 fully saturated rings. The molecule has 104 valence electrons. The van der Waals surface area contributed by atoms with Crippen molar-refractivity contribution in [2.45, 2.75) is 38.6 Å². The Kier molecular flexibility index (Phi) is 6.36. The van der Waals surface area contributed by atoms with Gasteiger partial charge in [-0.3, -0.25) is 4.79 Å². The van der Waals surface area contributed by atoms with Gasteiger partial charge in [-0.2, -0.15) is 0 Å². The van der Waals surface area contributed by atoms with E-state index in [1.807, 2.05) is 6.92 Å². The molecule has 0 aliphatic carbocycles. The first-order chi connectivity index (χ1) is 9.04. The molecule has 4 nitrogen and oxygen atoms in total. The molecule has 1 aromatic carbocycles. The fourth-order valence-electron chi connectivity index (χ4n) is 1.73. The van der Waals surface area contributed by atoms with Gasteiger partial charge in [0.15, 0.2) is 0 Å². The highest BCUT2D eigenvalue weighted by molar-refractivity contribution is 6.31. The van der Waals surface area contributed by atoms with Gasteiger partial charge in [0.1, 0.15) is 6.04 Å². The van der Waals surface area contributed by atoms with Crippen LogP contribution < -0.4 is 5.32 Å². The van der Waals surface area contributed by atoms with Crippen LogP contribution in [-0.2, 0) is 16.0 Å². The molecular formula is C14H18ClNO3. The highest BCUT2D eigenvalue weighted by Gasteiger charge is 2.19. The SMILES string of the molecule is CCCC[C@H](NC(=O)Cc1ccccc1Cl)C(=O)O. The summed E-state index contributed by atoms with van der Waals surface area (Å²) in [5, 5.41) is 12.1. The maximum absolute atomic E-state index is 11.8. The summed E-state index contributed by atoms with van der Waals surface area (Å²) >= 11 is 5.95. The van der Waals surface area contributed by atoms with Crippen LogP contribution in [0.25, 0.3) is 0 Å². The lowest BCUT2D eigenvalue weighted by Crippen LogP contribution is -2.41. The van der Waals surface area contributed by atoms with Crippen LogP contribution in [-0.4, -0.2) is 23.0 Å². The number of aliphatic carboxylic acids is 1. The van der Waals surface area contributed by atoms with Gasteiger partial charge in [0.25, 0.3) is 0 Å². The number of rotatable bonds is 7. The van der Waals surface area contributed by atoms with Crippen molar-refractivity contribution in [1.29, 1.82) is 0 Å². The largest absolute Gasteiger partial charge is 0.480 e. The number of nitrogens with one attached hydrogen (secondary N) is 1. The summed E-state index contributed by atoms with van der Waals surface area (Å²) in [4.78, 5) is 22.8. The third-order valence-corrected chi connectivity index (χ3v) is 3.16. The van der Waals surface area contributed by atoms with E-state index < -0.39 is 12.0 Å². The maximum Gasteiger partial charge on any atom is 0.326 e. The van der Waals surface area contributed by atoms with Crippen molar-refractivity contribution in [3.63, 3.8) is 0 Å². The zero-order chi connectivity index (χ0) is 14.3. The van der Waals surface area contributed by atoms with Gasteiger partial charge >= 0.3 is 5.97 Å². The van der Waals surface area contributed by atoms with E-state index in [1.54, 1.807) is 24.3 Å². The Morgan fingerprint density at radius 3 is 2.63 bits per heavy atom. The average molecular weight is 284 g/mol. The van der Waals surface area contributed by atoms with Crippen LogP contribution in [0.1, 0.15) is 31.7 Å². The van der Waals surface area contributed by atoms with Gasteiger partial charge < -0.3 is 10.4 Å². The second-order valence-corrected chi connectivity index (χ2v) is 4.78. The topological polar surface area (TPSA) is 66.4 Å². The Morgan fingerprint density at radius 1 is 1.37 bits per heavy atom. The quantitative estimate of drug-likeness (QED) is 0.808. The molecule has 19 heavy (non-hydrogen) atoms. The molecule has 0 unspecified atom stereocenters. The van der Waals surface area contributed by atoms with Gasteiger partial charge in [-0.1, -0.05) is 49.6 Å².